The van der Waals surface area contributed by atoms with Gasteiger partial charge < -0.3 is 5.11 Å². The molecule has 1 aliphatic heterocycles. The fourth-order valence-corrected chi connectivity index (χ4v) is 4.08. The van der Waals surface area contributed by atoms with Crippen LogP contribution in [0.2, 0.25) is 0 Å². The molecule has 0 aromatic rings. The first kappa shape index (κ1) is 13.8. The molecule has 104 valence electrons. The molecule has 0 atom stereocenters. The van der Waals surface area contributed by atoms with Gasteiger partial charge in [-0.15, -0.1) is 0 Å². The number of nitrogens with zero attached hydrogens (tertiary/aromatic N) is 2. The van der Waals surface area contributed by atoms with Crippen molar-refractivity contribution in [3.05, 3.63) is 0 Å². The third-order valence-corrected chi connectivity index (χ3v) is 6.13. The van der Waals surface area contributed by atoms with Crippen LogP contribution in [0.3, 0.4) is 0 Å². The summed E-state index contributed by atoms with van der Waals surface area (Å²) in [6.07, 6.45) is 3.77. The second kappa shape index (κ2) is 5.14. The summed E-state index contributed by atoms with van der Waals surface area (Å²) in [5, 5.41) is 8.89. The summed E-state index contributed by atoms with van der Waals surface area (Å²) in [6.45, 7) is 0.632. The maximum atomic E-state index is 12.3. The Labute approximate surface area is 108 Å². The summed E-state index contributed by atoms with van der Waals surface area (Å²) in [5.41, 5.74) is 0. The first-order valence-corrected chi connectivity index (χ1v) is 7.78. The van der Waals surface area contributed by atoms with E-state index in [4.69, 9.17) is 5.11 Å². The first-order valence-electron chi connectivity index (χ1n) is 6.39. The highest BCUT2D eigenvalue weighted by atomic mass is 32.2. The van der Waals surface area contributed by atoms with E-state index in [2.05, 4.69) is 0 Å². The lowest BCUT2D eigenvalue weighted by molar-refractivity contribution is -0.142. The van der Waals surface area contributed by atoms with Crippen LogP contribution in [-0.2, 0) is 15.0 Å². The summed E-state index contributed by atoms with van der Waals surface area (Å²) in [6, 6.07) is 0.132. The molecule has 0 aromatic heterocycles. The zero-order chi connectivity index (χ0) is 13.3. The molecule has 0 spiro atoms. The van der Waals surface area contributed by atoms with Crippen LogP contribution >= 0.6 is 0 Å². The van der Waals surface area contributed by atoms with Crippen LogP contribution in [0.5, 0.6) is 0 Å². The molecule has 7 heteroatoms. The van der Waals surface area contributed by atoms with Crippen molar-refractivity contribution in [1.29, 1.82) is 0 Å². The number of piperidine rings is 1. The highest BCUT2D eigenvalue weighted by Crippen LogP contribution is 2.28. The molecule has 1 N–H and O–H groups in total. The zero-order valence-corrected chi connectivity index (χ0v) is 11.4. The van der Waals surface area contributed by atoms with Crippen LogP contribution in [-0.4, -0.2) is 54.3 Å². The van der Waals surface area contributed by atoms with Gasteiger partial charge in [-0.3, -0.25) is 4.79 Å². The minimum Gasteiger partial charge on any atom is -0.481 e. The zero-order valence-electron chi connectivity index (χ0n) is 10.6. The largest absolute Gasteiger partial charge is 0.481 e. The van der Waals surface area contributed by atoms with Crippen molar-refractivity contribution in [3.8, 4) is 0 Å². The van der Waals surface area contributed by atoms with Gasteiger partial charge in [-0.2, -0.15) is 17.0 Å². The van der Waals surface area contributed by atoms with E-state index >= 15 is 0 Å². The fraction of sp³-hybridized carbons (Fsp3) is 0.909. The molecule has 1 saturated carbocycles. The van der Waals surface area contributed by atoms with E-state index in [0.29, 0.717) is 25.9 Å². The molecule has 18 heavy (non-hydrogen) atoms. The highest BCUT2D eigenvalue weighted by Gasteiger charge is 2.37. The molecular formula is C11H20N2O4S. The summed E-state index contributed by atoms with van der Waals surface area (Å²) in [5.74, 6) is -1.22. The Hall–Kier alpha value is -0.660. The topological polar surface area (TPSA) is 77.9 Å². The van der Waals surface area contributed by atoms with Crippen molar-refractivity contribution in [3.63, 3.8) is 0 Å². The van der Waals surface area contributed by atoms with Crippen LogP contribution < -0.4 is 0 Å². The van der Waals surface area contributed by atoms with Gasteiger partial charge in [0, 0.05) is 26.2 Å². The van der Waals surface area contributed by atoms with Gasteiger partial charge >= 0.3 is 5.97 Å². The van der Waals surface area contributed by atoms with Crippen LogP contribution in [0.15, 0.2) is 0 Å². The molecule has 0 bridgehead atoms. The number of carboxylic acid groups (broad SMARTS) is 1. The van der Waals surface area contributed by atoms with E-state index in [1.807, 2.05) is 0 Å². The number of hydrogen-bond donors (Lipinski definition) is 1. The van der Waals surface area contributed by atoms with Gasteiger partial charge in [-0.25, -0.2) is 0 Å². The first-order chi connectivity index (χ1) is 8.43. The van der Waals surface area contributed by atoms with E-state index in [1.165, 1.54) is 8.61 Å². The van der Waals surface area contributed by atoms with Crippen molar-refractivity contribution < 1.29 is 18.3 Å². The molecule has 0 aromatic carbocycles. The Morgan fingerprint density at radius 3 is 2.17 bits per heavy atom. The summed E-state index contributed by atoms with van der Waals surface area (Å²) >= 11 is 0. The van der Waals surface area contributed by atoms with Crippen molar-refractivity contribution in [2.24, 2.45) is 5.92 Å². The third kappa shape index (κ3) is 2.53. The van der Waals surface area contributed by atoms with E-state index in [0.717, 1.165) is 19.3 Å². The lowest BCUT2D eigenvalue weighted by Gasteiger charge is -2.38. The maximum Gasteiger partial charge on any atom is 0.306 e. The molecule has 0 radical (unpaired) electrons. The van der Waals surface area contributed by atoms with Crippen LogP contribution in [0.4, 0.5) is 0 Å². The van der Waals surface area contributed by atoms with Crippen molar-refractivity contribution in [2.75, 3.05) is 20.1 Å². The highest BCUT2D eigenvalue weighted by molar-refractivity contribution is 7.86. The van der Waals surface area contributed by atoms with Gasteiger partial charge in [-0.1, -0.05) is 6.42 Å². The van der Waals surface area contributed by atoms with Gasteiger partial charge in [-0.05, 0) is 25.7 Å². The van der Waals surface area contributed by atoms with Gasteiger partial charge in [0.25, 0.3) is 10.2 Å². The summed E-state index contributed by atoms with van der Waals surface area (Å²) < 4.78 is 27.5. The molecule has 1 heterocycles. The molecule has 0 unspecified atom stereocenters. The number of aliphatic carboxylic acids is 1. The van der Waals surface area contributed by atoms with Crippen LogP contribution in [0, 0.1) is 5.92 Å². The normalized spacial score (nSPS) is 24.1. The average Bonchev–Trinajstić information content (AvgIpc) is 2.26. The maximum absolute atomic E-state index is 12.3. The van der Waals surface area contributed by atoms with Crippen molar-refractivity contribution in [2.45, 2.75) is 38.1 Å². The monoisotopic (exact) mass is 276 g/mol. The van der Waals surface area contributed by atoms with E-state index in [9.17, 15) is 13.2 Å². The Balaban J connectivity index is 1.97. The molecular weight excluding hydrogens is 256 g/mol. The average molecular weight is 276 g/mol. The van der Waals surface area contributed by atoms with Gasteiger partial charge in [0.05, 0.1) is 5.92 Å². The number of rotatable bonds is 4. The third-order valence-electron chi connectivity index (χ3n) is 4.08. The van der Waals surface area contributed by atoms with Gasteiger partial charge in [0.2, 0.25) is 0 Å². The predicted octanol–water partition coefficient (Wildman–Crippen LogP) is 0.512. The fourth-order valence-electron chi connectivity index (χ4n) is 2.45. The Morgan fingerprint density at radius 1 is 1.22 bits per heavy atom. The Morgan fingerprint density at radius 2 is 1.78 bits per heavy atom. The molecule has 1 aliphatic carbocycles. The van der Waals surface area contributed by atoms with Crippen LogP contribution in [0.1, 0.15) is 32.1 Å². The smallest absolute Gasteiger partial charge is 0.306 e. The number of carboxylic acids is 1. The molecule has 2 fully saturated rings. The second-order valence-electron chi connectivity index (χ2n) is 5.12. The second-order valence-corrected chi connectivity index (χ2v) is 7.11. The molecule has 6 nitrogen and oxygen atoms in total. The predicted molar refractivity (Wildman–Crippen MR) is 66.3 cm³/mol. The van der Waals surface area contributed by atoms with E-state index < -0.39 is 22.1 Å². The number of carbonyl (C=O) groups is 1. The van der Waals surface area contributed by atoms with Crippen LogP contribution in [0.25, 0.3) is 0 Å². The van der Waals surface area contributed by atoms with E-state index in [-0.39, 0.29) is 6.04 Å². The Kier molecular flexibility index (Phi) is 3.93. The molecule has 2 aliphatic rings. The SMILES string of the molecule is CN(C1CCC1)S(=O)(=O)N1CCC(C(=O)O)CC1. The Bertz CT molecular complexity index is 411. The quantitative estimate of drug-likeness (QED) is 0.811. The molecule has 0 amide bonds. The van der Waals surface area contributed by atoms with Gasteiger partial charge in [0.1, 0.15) is 0 Å². The number of hydrogen-bond acceptors (Lipinski definition) is 3. The standard InChI is InChI=1S/C11H20N2O4S/c1-12(10-3-2-4-10)18(16,17)13-7-5-9(6-8-13)11(14)15/h9-10H,2-8H2,1H3,(H,14,15). The lowest BCUT2D eigenvalue weighted by Crippen LogP contribution is -2.51. The minimum atomic E-state index is -3.40. The van der Waals surface area contributed by atoms with Crippen molar-refractivity contribution >= 4 is 16.2 Å². The summed E-state index contributed by atoms with van der Waals surface area (Å²) in [7, 11) is -1.77. The molecule has 1 saturated heterocycles. The van der Waals surface area contributed by atoms with Crippen molar-refractivity contribution in [1.82, 2.24) is 8.61 Å². The van der Waals surface area contributed by atoms with E-state index in [1.54, 1.807) is 7.05 Å². The van der Waals surface area contributed by atoms with Gasteiger partial charge in [0.15, 0.2) is 0 Å². The minimum absolute atomic E-state index is 0.132. The summed E-state index contributed by atoms with van der Waals surface area (Å²) in [4.78, 5) is 10.8. The molecule has 2 rings (SSSR count). The lowest BCUT2D eigenvalue weighted by atomic mass is 9.94.